The fourth-order valence-corrected chi connectivity index (χ4v) is 2.58. The first-order valence-electron chi connectivity index (χ1n) is 6.60. The van der Waals surface area contributed by atoms with E-state index in [2.05, 4.69) is 15.7 Å². The normalized spacial score (nSPS) is 19.5. The molecule has 10 heteroatoms. The largest absolute Gasteiger partial charge is 0.436 e. The summed E-state index contributed by atoms with van der Waals surface area (Å²) in [7, 11) is 1.18. The number of amides is 2. The van der Waals surface area contributed by atoms with Gasteiger partial charge >= 0.3 is 6.18 Å². The lowest BCUT2D eigenvalue weighted by molar-refractivity contribution is -0.141. The van der Waals surface area contributed by atoms with Crippen LogP contribution >= 0.6 is 11.6 Å². The second kappa shape index (κ2) is 6.15. The summed E-state index contributed by atoms with van der Waals surface area (Å²) in [5, 5.41) is 7.48. The molecule has 1 aliphatic heterocycles. The van der Waals surface area contributed by atoms with Crippen molar-refractivity contribution in [3.63, 3.8) is 0 Å². The quantitative estimate of drug-likeness (QED) is 0.858. The summed E-state index contributed by atoms with van der Waals surface area (Å²) < 4.78 is 38.9. The molecule has 0 saturated carbocycles. The molecule has 0 aromatic carbocycles. The maximum atomic E-state index is 12.7. The number of alkyl halides is 3. The molecule has 1 fully saturated rings. The summed E-state index contributed by atoms with van der Waals surface area (Å²) in [6, 6.07) is -0.796. The number of aromatic nitrogens is 2. The lowest BCUT2D eigenvalue weighted by atomic mass is 10.1. The minimum Gasteiger partial charge on any atom is -0.354 e. The average molecular weight is 339 g/mol. The van der Waals surface area contributed by atoms with Crippen LogP contribution in [0.15, 0.2) is 0 Å². The van der Waals surface area contributed by atoms with Crippen molar-refractivity contribution in [1.29, 1.82) is 0 Å². The molecule has 2 amide bonds. The summed E-state index contributed by atoms with van der Waals surface area (Å²) >= 11 is 5.63. The van der Waals surface area contributed by atoms with Crippen LogP contribution < -0.4 is 10.6 Å². The van der Waals surface area contributed by atoms with Crippen LogP contribution in [-0.2, 0) is 18.0 Å². The SMILES string of the molecule is Cn1nc(C(F)(F)F)c(Cl)c1C(=O)N[C@@H]1CCCCNC1=O. The van der Waals surface area contributed by atoms with Crippen molar-refractivity contribution in [2.75, 3.05) is 6.54 Å². The van der Waals surface area contributed by atoms with Gasteiger partial charge in [0.05, 0.1) is 0 Å². The second-order valence-electron chi connectivity index (χ2n) is 4.95. The zero-order valence-corrected chi connectivity index (χ0v) is 12.4. The van der Waals surface area contributed by atoms with Crippen molar-refractivity contribution >= 4 is 23.4 Å². The van der Waals surface area contributed by atoms with Gasteiger partial charge in [0.25, 0.3) is 5.91 Å². The molecule has 0 unspecified atom stereocenters. The summed E-state index contributed by atoms with van der Waals surface area (Å²) in [4.78, 5) is 23.9. The highest BCUT2D eigenvalue weighted by Gasteiger charge is 2.40. The maximum Gasteiger partial charge on any atom is 0.436 e. The molecule has 2 heterocycles. The monoisotopic (exact) mass is 338 g/mol. The van der Waals surface area contributed by atoms with Crippen LogP contribution in [0.4, 0.5) is 13.2 Å². The Labute approximate surface area is 129 Å². The van der Waals surface area contributed by atoms with Crippen molar-refractivity contribution in [3.8, 4) is 0 Å². The third-order valence-electron chi connectivity index (χ3n) is 3.31. The van der Waals surface area contributed by atoms with Crippen LogP contribution in [0.2, 0.25) is 5.02 Å². The molecular formula is C12H14ClF3N4O2. The third-order valence-corrected chi connectivity index (χ3v) is 3.67. The first-order chi connectivity index (χ1) is 10.2. The van der Waals surface area contributed by atoms with Gasteiger partial charge in [0.15, 0.2) is 5.69 Å². The molecular weight excluding hydrogens is 325 g/mol. The van der Waals surface area contributed by atoms with Crippen LogP contribution in [-0.4, -0.2) is 34.2 Å². The predicted octanol–water partition coefficient (Wildman–Crippen LogP) is 1.49. The molecule has 2 rings (SSSR count). The van der Waals surface area contributed by atoms with Gasteiger partial charge in [0.2, 0.25) is 5.91 Å². The van der Waals surface area contributed by atoms with Crippen LogP contribution in [0, 0.1) is 0 Å². The van der Waals surface area contributed by atoms with E-state index in [1.54, 1.807) is 0 Å². The van der Waals surface area contributed by atoms with E-state index in [-0.39, 0.29) is 5.91 Å². The van der Waals surface area contributed by atoms with Crippen molar-refractivity contribution in [1.82, 2.24) is 20.4 Å². The summed E-state index contributed by atoms with van der Waals surface area (Å²) in [6.07, 6.45) is -2.84. The zero-order chi connectivity index (χ0) is 16.5. The van der Waals surface area contributed by atoms with E-state index in [0.717, 1.165) is 17.5 Å². The Morgan fingerprint density at radius 2 is 2.14 bits per heavy atom. The molecule has 1 atom stereocenters. The van der Waals surface area contributed by atoms with Gasteiger partial charge in [-0.25, -0.2) is 0 Å². The number of nitrogens with one attached hydrogen (secondary N) is 2. The maximum absolute atomic E-state index is 12.7. The highest BCUT2D eigenvalue weighted by Crippen LogP contribution is 2.35. The molecule has 1 aromatic rings. The van der Waals surface area contributed by atoms with Crippen LogP contribution in [0.5, 0.6) is 0 Å². The number of nitrogens with zero attached hydrogens (tertiary/aromatic N) is 2. The minimum atomic E-state index is -4.76. The van der Waals surface area contributed by atoms with E-state index >= 15 is 0 Å². The Kier molecular flexibility index (Phi) is 4.64. The number of hydrogen-bond acceptors (Lipinski definition) is 3. The number of aryl methyl sites for hydroxylation is 1. The zero-order valence-electron chi connectivity index (χ0n) is 11.6. The molecule has 1 aromatic heterocycles. The Morgan fingerprint density at radius 1 is 1.45 bits per heavy atom. The highest BCUT2D eigenvalue weighted by molar-refractivity contribution is 6.34. The average Bonchev–Trinajstić information content (AvgIpc) is 2.57. The molecule has 0 aliphatic carbocycles. The first-order valence-corrected chi connectivity index (χ1v) is 6.98. The summed E-state index contributed by atoms with van der Waals surface area (Å²) in [6.45, 7) is 0.510. The number of carbonyl (C=O) groups excluding carboxylic acids is 2. The van der Waals surface area contributed by atoms with Crippen LogP contribution in [0.25, 0.3) is 0 Å². The highest BCUT2D eigenvalue weighted by atomic mass is 35.5. The fourth-order valence-electron chi connectivity index (χ4n) is 2.23. The van der Waals surface area contributed by atoms with Gasteiger partial charge in [-0.05, 0) is 19.3 Å². The van der Waals surface area contributed by atoms with Crippen molar-refractivity contribution < 1.29 is 22.8 Å². The minimum absolute atomic E-state index is 0.361. The van der Waals surface area contributed by atoms with Crippen molar-refractivity contribution in [3.05, 3.63) is 16.4 Å². The lowest BCUT2D eigenvalue weighted by Gasteiger charge is -2.15. The van der Waals surface area contributed by atoms with E-state index in [1.807, 2.05) is 0 Å². The van der Waals surface area contributed by atoms with E-state index in [0.29, 0.717) is 13.0 Å². The molecule has 6 nitrogen and oxygen atoms in total. The Bertz CT molecular complexity index is 600. The standard InChI is InChI=1S/C12H14ClF3N4O2/c1-20-8(7(13)9(19-20)12(14,15)16)11(22)18-6-4-2-3-5-17-10(6)21/h6H,2-5H2,1H3,(H,17,21)(H,18,22)/t6-/m1/s1. The van der Waals surface area contributed by atoms with Gasteiger partial charge in [-0.1, -0.05) is 11.6 Å². The van der Waals surface area contributed by atoms with E-state index in [9.17, 15) is 22.8 Å². The van der Waals surface area contributed by atoms with Crippen LogP contribution in [0.1, 0.15) is 35.4 Å². The van der Waals surface area contributed by atoms with Gasteiger partial charge in [0.1, 0.15) is 16.8 Å². The Morgan fingerprint density at radius 3 is 2.73 bits per heavy atom. The fraction of sp³-hybridized carbons (Fsp3) is 0.583. The molecule has 0 radical (unpaired) electrons. The number of hydrogen-bond donors (Lipinski definition) is 2. The van der Waals surface area contributed by atoms with E-state index in [4.69, 9.17) is 11.6 Å². The van der Waals surface area contributed by atoms with Crippen LogP contribution in [0.3, 0.4) is 0 Å². The van der Waals surface area contributed by atoms with Crippen molar-refractivity contribution in [2.45, 2.75) is 31.5 Å². The smallest absolute Gasteiger partial charge is 0.354 e. The topological polar surface area (TPSA) is 76.0 Å². The number of halogens is 4. The van der Waals surface area contributed by atoms with Gasteiger partial charge in [-0.2, -0.15) is 18.3 Å². The van der Waals surface area contributed by atoms with E-state index in [1.165, 1.54) is 7.05 Å². The first kappa shape index (κ1) is 16.6. The summed E-state index contributed by atoms with van der Waals surface area (Å²) in [5.74, 6) is -1.22. The number of carbonyl (C=O) groups is 2. The molecule has 0 bridgehead atoms. The summed E-state index contributed by atoms with van der Waals surface area (Å²) in [5.41, 5.74) is -1.75. The molecule has 22 heavy (non-hydrogen) atoms. The number of rotatable bonds is 2. The van der Waals surface area contributed by atoms with Gasteiger partial charge in [-0.15, -0.1) is 0 Å². The molecule has 1 aliphatic rings. The molecule has 122 valence electrons. The van der Waals surface area contributed by atoms with E-state index < -0.39 is 34.5 Å². The van der Waals surface area contributed by atoms with Gasteiger partial charge < -0.3 is 10.6 Å². The third kappa shape index (κ3) is 3.34. The predicted molar refractivity (Wildman–Crippen MR) is 71.3 cm³/mol. The van der Waals surface area contributed by atoms with Gasteiger partial charge in [-0.3, -0.25) is 14.3 Å². The second-order valence-corrected chi connectivity index (χ2v) is 5.32. The van der Waals surface area contributed by atoms with Gasteiger partial charge in [0, 0.05) is 13.6 Å². The Balaban J connectivity index is 2.23. The molecule has 2 N–H and O–H groups in total. The Hall–Kier alpha value is -1.77. The molecule has 1 saturated heterocycles. The molecule has 0 spiro atoms. The lowest BCUT2D eigenvalue weighted by Crippen LogP contribution is -2.45. The van der Waals surface area contributed by atoms with Crippen molar-refractivity contribution in [2.24, 2.45) is 7.05 Å².